The summed E-state index contributed by atoms with van der Waals surface area (Å²) in [5.41, 5.74) is 6.22. The fraction of sp³-hybridized carbons (Fsp3) is 0.167. The maximum Gasteiger partial charge on any atom is 0.311 e. The number of nitro benzene ring substituents is 1. The molecule has 7 heteroatoms. The minimum Gasteiger partial charge on any atom is -0.431 e. The van der Waals surface area contributed by atoms with Crippen LogP contribution in [0.25, 0.3) is 0 Å². The van der Waals surface area contributed by atoms with E-state index in [0.717, 1.165) is 0 Å². The second kappa shape index (κ2) is 5.30. The zero-order chi connectivity index (χ0) is 13.8. The van der Waals surface area contributed by atoms with Crippen molar-refractivity contribution in [3.63, 3.8) is 0 Å². The van der Waals surface area contributed by atoms with Gasteiger partial charge in [-0.2, -0.15) is 0 Å². The molecule has 0 atom stereocenters. The molecule has 2 rings (SSSR count). The highest BCUT2D eigenvalue weighted by molar-refractivity contribution is 5.51. The van der Waals surface area contributed by atoms with Gasteiger partial charge in [0.25, 0.3) is 0 Å². The van der Waals surface area contributed by atoms with E-state index in [1.165, 1.54) is 18.5 Å². The van der Waals surface area contributed by atoms with Gasteiger partial charge in [-0.25, -0.2) is 9.97 Å². The Morgan fingerprint density at radius 2 is 2.11 bits per heavy atom. The summed E-state index contributed by atoms with van der Waals surface area (Å²) < 4.78 is 5.50. The van der Waals surface area contributed by atoms with Crippen LogP contribution in [0.15, 0.2) is 30.6 Å². The third-order valence-electron chi connectivity index (χ3n) is 2.56. The summed E-state index contributed by atoms with van der Waals surface area (Å²) in [4.78, 5) is 18.2. The van der Waals surface area contributed by atoms with Crippen LogP contribution in [0.2, 0.25) is 0 Å². The molecule has 0 saturated carbocycles. The summed E-state index contributed by atoms with van der Waals surface area (Å²) in [6, 6.07) is 6.10. The Kier molecular flexibility index (Phi) is 3.56. The Hall–Kier alpha value is -2.70. The number of rotatable bonds is 4. The van der Waals surface area contributed by atoms with E-state index in [4.69, 9.17) is 10.5 Å². The van der Waals surface area contributed by atoms with Gasteiger partial charge in [0.2, 0.25) is 11.6 Å². The van der Waals surface area contributed by atoms with Crippen LogP contribution >= 0.6 is 0 Å². The number of nitrogens with two attached hydrogens (primary N) is 1. The van der Waals surface area contributed by atoms with E-state index in [0.29, 0.717) is 17.8 Å². The van der Waals surface area contributed by atoms with Crippen molar-refractivity contribution in [2.24, 2.45) is 0 Å². The van der Waals surface area contributed by atoms with Crippen LogP contribution in [0.1, 0.15) is 12.5 Å². The lowest BCUT2D eigenvalue weighted by molar-refractivity contribution is -0.385. The van der Waals surface area contributed by atoms with Crippen LogP contribution in [-0.2, 0) is 6.42 Å². The van der Waals surface area contributed by atoms with Gasteiger partial charge in [0.05, 0.1) is 10.5 Å². The van der Waals surface area contributed by atoms with Gasteiger partial charge >= 0.3 is 5.69 Å². The molecule has 0 bridgehead atoms. The summed E-state index contributed by atoms with van der Waals surface area (Å²) in [5.74, 6) is 0.677. The minimum atomic E-state index is -0.508. The molecule has 19 heavy (non-hydrogen) atoms. The van der Waals surface area contributed by atoms with Crippen LogP contribution in [0.3, 0.4) is 0 Å². The van der Waals surface area contributed by atoms with Crippen LogP contribution in [-0.4, -0.2) is 14.9 Å². The van der Waals surface area contributed by atoms with Gasteiger partial charge in [0.15, 0.2) is 0 Å². The molecule has 2 aromatic rings. The molecule has 0 fully saturated rings. The molecule has 0 aliphatic rings. The molecule has 0 spiro atoms. The highest BCUT2D eigenvalue weighted by Gasteiger charge is 2.17. The summed E-state index contributed by atoms with van der Waals surface area (Å²) in [6.07, 6.45) is 1.83. The predicted octanol–water partition coefficient (Wildman–Crippen LogP) is 2.32. The highest BCUT2D eigenvalue weighted by Crippen LogP contribution is 2.32. The molecule has 98 valence electrons. The van der Waals surface area contributed by atoms with Gasteiger partial charge in [-0.1, -0.05) is 19.1 Å². The van der Waals surface area contributed by atoms with Gasteiger partial charge in [-0.3, -0.25) is 10.1 Å². The topological polar surface area (TPSA) is 104 Å². The minimum absolute atomic E-state index is 0.123. The number of nitro groups is 1. The average molecular weight is 260 g/mol. The van der Waals surface area contributed by atoms with Crippen molar-refractivity contribution in [3.8, 4) is 11.6 Å². The van der Waals surface area contributed by atoms with Crippen molar-refractivity contribution in [3.05, 3.63) is 46.3 Å². The summed E-state index contributed by atoms with van der Waals surface area (Å²) in [6.45, 7) is 1.88. The first-order chi connectivity index (χ1) is 9.13. The summed E-state index contributed by atoms with van der Waals surface area (Å²) in [5, 5.41) is 10.9. The largest absolute Gasteiger partial charge is 0.431 e. The predicted molar refractivity (Wildman–Crippen MR) is 69.0 cm³/mol. The summed E-state index contributed by atoms with van der Waals surface area (Å²) in [7, 11) is 0. The quantitative estimate of drug-likeness (QED) is 0.668. The maximum atomic E-state index is 10.9. The van der Waals surface area contributed by atoms with E-state index in [9.17, 15) is 10.1 Å². The normalized spacial score (nSPS) is 10.2. The first-order valence-corrected chi connectivity index (χ1v) is 5.64. The third kappa shape index (κ3) is 2.59. The van der Waals surface area contributed by atoms with Crippen molar-refractivity contribution in [2.75, 3.05) is 5.73 Å². The number of benzene rings is 1. The molecule has 0 unspecified atom stereocenters. The van der Waals surface area contributed by atoms with E-state index in [2.05, 4.69) is 9.97 Å². The molecule has 1 heterocycles. The Balaban J connectivity index is 2.42. The smallest absolute Gasteiger partial charge is 0.311 e. The van der Waals surface area contributed by atoms with E-state index in [-0.39, 0.29) is 17.3 Å². The Bertz CT molecular complexity index is 616. The second-order valence-corrected chi connectivity index (χ2v) is 3.72. The average Bonchev–Trinajstić information content (AvgIpc) is 2.39. The molecule has 0 aliphatic heterocycles. The van der Waals surface area contributed by atoms with Gasteiger partial charge in [0, 0.05) is 6.07 Å². The molecule has 2 N–H and O–H groups in total. The molecule has 0 radical (unpaired) electrons. The van der Waals surface area contributed by atoms with Crippen molar-refractivity contribution in [1.29, 1.82) is 0 Å². The first kappa shape index (κ1) is 12.7. The standard InChI is InChI=1S/C12H12N4O3/c1-2-8-11(13)14-7-15-12(8)19-10-6-4-3-5-9(10)16(17)18/h3-7H,2H2,1H3,(H2,13,14,15). The van der Waals surface area contributed by atoms with E-state index in [1.54, 1.807) is 12.1 Å². The molecule has 0 saturated heterocycles. The van der Waals surface area contributed by atoms with Crippen molar-refractivity contribution >= 4 is 11.5 Å². The monoisotopic (exact) mass is 260 g/mol. The Morgan fingerprint density at radius 1 is 1.37 bits per heavy atom. The molecular formula is C12H12N4O3. The fourth-order valence-corrected chi connectivity index (χ4v) is 1.63. The maximum absolute atomic E-state index is 10.9. The third-order valence-corrected chi connectivity index (χ3v) is 2.56. The Morgan fingerprint density at radius 3 is 2.79 bits per heavy atom. The lowest BCUT2D eigenvalue weighted by Crippen LogP contribution is -2.02. The first-order valence-electron chi connectivity index (χ1n) is 5.64. The van der Waals surface area contributed by atoms with E-state index >= 15 is 0 Å². The lowest BCUT2D eigenvalue weighted by atomic mass is 10.2. The SMILES string of the molecule is CCc1c(N)ncnc1Oc1ccccc1[N+](=O)[O-]. The van der Waals surface area contributed by atoms with Crippen molar-refractivity contribution in [1.82, 2.24) is 9.97 Å². The molecular weight excluding hydrogens is 248 g/mol. The number of para-hydroxylation sites is 2. The van der Waals surface area contributed by atoms with Gasteiger partial charge in [-0.15, -0.1) is 0 Å². The lowest BCUT2D eigenvalue weighted by Gasteiger charge is -2.09. The van der Waals surface area contributed by atoms with E-state index in [1.807, 2.05) is 6.92 Å². The van der Waals surface area contributed by atoms with Crippen molar-refractivity contribution < 1.29 is 9.66 Å². The fourth-order valence-electron chi connectivity index (χ4n) is 1.63. The number of hydrogen-bond donors (Lipinski definition) is 1. The van der Waals surface area contributed by atoms with Crippen LogP contribution in [0.4, 0.5) is 11.5 Å². The number of ether oxygens (including phenoxy) is 1. The molecule has 7 nitrogen and oxygen atoms in total. The number of nitrogens with zero attached hydrogens (tertiary/aromatic N) is 3. The number of aromatic nitrogens is 2. The van der Waals surface area contributed by atoms with Crippen LogP contribution in [0.5, 0.6) is 11.6 Å². The van der Waals surface area contributed by atoms with Crippen LogP contribution in [0, 0.1) is 10.1 Å². The Labute approximate surface area is 109 Å². The number of hydrogen-bond acceptors (Lipinski definition) is 6. The highest BCUT2D eigenvalue weighted by atomic mass is 16.6. The number of nitrogen functional groups attached to an aromatic ring is 1. The van der Waals surface area contributed by atoms with E-state index < -0.39 is 4.92 Å². The molecule has 1 aromatic carbocycles. The zero-order valence-electron chi connectivity index (χ0n) is 10.2. The van der Waals surface area contributed by atoms with Gasteiger partial charge < -0.3 is 10.5 Å². The molecule has 0 amide bonds. The van der Waals surface area contributed by atoms with Crippen molar-refractivity contribution in [2.45, 2.75) is 13.3 Å². The zero-order valence-corrected chi connectivity index (χ0v) is 10.2. The van der Waals surface area contributed by atoms with Gasteiger partial charge in [-0.05, 0) is 12.5 Å². The second-order valence-electron chi connectivity index (χ2n) is 3.72. The molecule has 0 aliphatic carbocycles. The molecule has 1 aromatic heterocycles. The summed E-state index contributed by atoms with van der Waals surface area (Å²) >= 11 is 0. The van der Waals surface area contributed by atoms with Crippen LogP contribution < -0.4 is 10.5 Å². The van der Waals surface area contributed by atoms with Gasteiger partial charge in [0.1, 0.15) is 12.1 Å². The number of anilines is 1.